The van der Waals surface area contributed by atoms with Crippen LogP contribution in [0.4, 0.5) is 0 Å². The van der Waals surface area contributed by atoms with Crippen molar-refractivity contribution in [3.05, 3.63) is 89.3 Å². The Kier molecular flexibility index (Phi) is 3.43. The summed E-state index contributed by atoms with van der Waals surface area (Å²) in [6, 6.07) is 25.1. The Labute approximate surface area is 153 Å². The van der Waals surface area contributed by atoms with E-state index in [9.17, 15) is 4.79 Å². The maximum atomic E-state index is 12.6. The van der Waals surface area contributed by atoms with Crippen molar-refractivity contribution in [1.82, 2.24) is 4.98 Å². The molecule has 3 nitrogen and oxygen atoms in total. The van der Waals surface area contributed by atoms with E-state index in [1.165, 1.54) is 11.3 Å². The highest BCUT2D eigenvalue weighted by molar-refractivity contribution is 7.17. The number of rotatable bonds is 3. The van der Waals surface area contributed by atoms with Crippen LogP contribution in [-0.4, -0.2) is 10.8 Å². The number of fused-ring (bicyclic) bond motifs is 3. The molecule has 2 heterocycles. The Balaban J connectivity index is 1.58. The lowest BCUT2D eigenvalue weighted by Gasteiger charge is -1.96. The maximum absolute atomic E-state index is 12.6. The summed E-state index contributed by atoms with van der Waals surface area (Å²) in [6.07, 6.45) is 0. The van der Waals surface area contributed by atoms with Gasteiger partial charge in [0.2, 0.25) is 11.7 Å². The zero-order valence-corrected chi connectivity index (χ0v) is 14.5. The molecule has 0 aliphatic heterocycles. The van der Waals surface area contributed by atoms with Gasteiger partial charge in [-0.3, -0.25) is 4.79 Å². The quantitative estimate of drug-likeness (QED) is 0.376. The third-order valence-corrected chi connectivity index (χ3v) is 5.43. The number of thiophene rings is 1. The average Bonchev–Trinajstić information content (AvgIpc) is 3.35. The second-order valence-corrected chi connectivity index (χ2v) is 7.10. The van der Waals surface area contributed by atoms with Gasteiger partial charge in [0.05, 0.1) is 9.75 Å². The lowest BCUT2D eigenvalue weighted by molar-refractivity contribution is 0.104. The number of benzene rings is 3. The fraction of sp³-hybridized carbons (Fsp3) is 0. The molecule has 0 bridgehead atoms. The Morgan fingerprint density at radius 3 is 2.54 bits per heavy atom. The minimum Gasteiger partial charge on any atom is -0.435 e. The Hall–Kier alpha value is -3.24. The van der Waals surface area contributed by atoms with Crippen LogP contribution < -0.4 is 0 Å². The van der Waals surface area contributed by atoms with Gasteiger partial charge in [-0.05, 0) is 23.6 Å². The van der Waals surface area contributed by atoms with E-state index in [1.807, 2.05) is 72.8 Å². The fourth-order valence-corrected chi connectivity index (χ4v) is 3.97. The van der Waals surface area contributed by atoms with Crippen LogP contribution in [-0.2, 0) is 0 Å². The zero-order chi connectivity index (χ0) is 17.5. The molecule has 0 aliphatic carbocycles. The standard InChI is InChI=1S/C22H13NO2S/c24-21(15-7-2-1-3-8-15)18-12-13-19(26-18)22-23-20-16-9-5-4-6-14(16)10-11-17(20)25-22/h1-13H. The number of oxazole rings is 1. The van der Waals surface area contributed by atoms with Gasteiger partial charge < -0.3 is 4.42 Å². The number of aromatic nitrogens is 1. The molecule has 5 aromatic rings. The number of hydrogen-bond acceptors (Lipinski definition) is 4. The summed E-state index contributed by atoms with van der Waals surface area (Å²) in [7, 11) is 0. The molecule has 2 aromatic heterocycles. The molecule has 0 spiro atoms. The lowest BCUT2D eigenvalue weighted by atomic mass is 10.1. The second kappa shape index (κ2) is 5.93. The summed E-state index contributed by atoms with van der Waals surface area (Å²) in [5, 5.41) is 2.20. The molecule has 0 amide bonds. The summed E-state index contributed by atoms with van der Waals surface area (Å²) in [5.74, 6) is 0.567. The van der Waals surface area contributed by atoms with Gasteiger partial charge in [-0.25, -0.2) is 4.98 Å². The monoisotopic (exact) mass is 355 g/mol. The predicted octanol–water partition coefficient (Wildman–Crippen LogP) is 5.94. The van der Waals surface area contributed by atoms with Crippen LogP contribution in [0.15, 0.2) is 83.3 Å². The third-order valence-electron chi connectivity index (χ3n) is 4.36. The third kappa shape index (κ3) is 2.43. The summed E-state index contributed by atoms with van der Waals surface area (Å²) in [5.41, 5.74) is 2.29. The van der Waals surface area contributed by atoms with E-state index in [-0.39, 0.29) is 5.78 Å². The molecular weight excluding hydrogens is 342 g/mol. The van der Waals surface area contributed by atoms with Crippen LogP contribution in [0.5, 0.6) is 0 Å². The van der Waals surface area contributed by atoms with Crippen molar-refractivity contribution in [2.75, 3.05) is 0 Å². The predicted molar refractivity (Wildman–Crippen MR) is 105 cm³/mol. The molecule has 0 saturated heterocycles. The number of carbonyl (C=O) groups excluding carboxylic acids is 1. The highest BCUT2D eigenvalue weighted by Crippen LogP contribution is 2.33. The number of carbonyl (C=O) groups is 1. The first-order valence-electron chi connectivity index (χ1n) is 8.28. The second-order valence-electron chi connectivity index (χ2n) is 6.01. The molecule has 4 heteroatoms. The van der Waals surface area contributed by atoms with Crippen molar-refractivity contribution in [2.24, 2.45) is 0 Å². The SMILES string of the molecule is O=C(c1ccccc1)c1ccc(-c2nc3c(ccc4ccccc43)o2)s1. The van der Waals surface area contributed by atoms with Gasteiger partial charge in [0.25, 0.3) is 0 Å². The first-order valence-corrected chi connectivity index (χ1v) is 9.09. The number of ketones is 1. The minimum atomic E-state index is 0.0170. The van der Waals surface area contributed by atoms with Crippen molar-refractivity contribution in [3.8, 4) is 10.8 Å². The summed E-state index contributed by atoms with van der Waals surface area (Å²) in [6.45, 7) is 0. The molecular formula is C22H13NO2S. The molecule has 0 fully saturated rings. The topological polar surface area (TPSA) is 43.1 Å². The average molecular weight is 355 g/mol. The molecule has 26 heavy (non-hydrogen) atoms. The zero-order valence-electron chi connectivity index (χ0n) is 13.7. The van der Waals surface area contributed by atoms with E-state index in [0.29, 0.717) is 16.3 Å². The van der Waals surface area contributed by atoms with Gasteiger partial charge in [-0.2, -0.15) is 0 Å². The van der Waals surface area contributed by atoms with E-state index in [4.69, 9.17) is 4.42 Å². The fourth-order valence-electron chi connectivity index (χ4n) is 3.07. The molecule has 0 aliphatic rings. The van der Waals surface area contributed by atoms with Crippen LogP contribution in [0, 0.1) is 0 Å². The Bertz CT molecular complexity index is 1250. The van der Waals surface area contributed by atoms with Crippen LogP contribution >= 0.6 is 11.3 Å². The van der Waals surface area contributed by atoms with Crippen LogP contribution in [0.1, 0.15) is 15.2 Å². The molecule has 0 unspecified atom stereocenters. The van der Waals surface area contributed by atoms with E-state index in [1.54, 1.807) is 0 Å². The van der Waals surface area contributed by atoms with Crippen LogP contribution in [0.2, 0.25) is 0 Å². The van der Waals surface area contributed by atoms with E-state index >= 15 is 0 Å². The van der Waals surface area contributed by atoms with Crippen LogP contribution in [0.25, 0.3) is 32.6 Å². The van der Waals surface area contributed by atoms with Gasteiger partial charge in [-0.15, -0.1) is 11.3 Å². The van der Waals surface area contributed by atoms with Gasteiger partial charge >= 0.3 is 0 Å². The summed E-state index contributed by atoms with van der Waals surface area (Å²) in [4.78, 5) is 18.8. The van der Waals surface area contributed by atoms with E-state index in [2.05, 4.69) is 11.1 Å². The Morgan fingerprint density at radius 2 is 1.65 bits per heavy atom. The van der Waals surface area contributed by atoms with Gasteiger partial charge in [0.15, 0.2) is 5.58 Å². The lowest BCUT2D eigenvalue weighted by Crippen LogP contribution is -1.97. The van der Waals surface area contributed by atoms with Crippen molar-refractivity contribution in [1.29, 1.82) is 0 Å². The van der Waals surface area contributed by atoms with E-state index in [0.717, 1.165) is 26.7 Å². The molecule has 0 saturated carbocycles. The molecule has 5 rings (SSSR count). The summed E-state index contributed by atoms with van der Waals surface area (Å²) >= 11 is 1.40. The minimum absolute atomic E-state index is 0.0170. The first-order chi connectivity index (χ1) is 12.8. The van der Waals surface area contributed by atoms with Crippen molar-refractivity contribution >= 4 is 39.0 Å². The molecule has 0 N–H and O–H groups in total. The number of hydrogen-bond donors (Lipinski definition) is 0. The highest BCUT2D eigenvalue weighted by Gasteiger charge is 2.16. The normalized spacial score (nSPS) is 11.2. The van der Waals surface area contributed by atoms with Gasteiger partial charge in [0.1, 0.15) is 5.52 Å². The molecule has 0 atom stereocenters. The molecule has 0 radical (unpaired) electrons. The Morgan fingerprint density at radius 1 is 0.846 bits per heavy atom. The van der Waals surface area contributed by atoms with Gasteiger partial charge in [0, 0.05) is 10.9 Å². The highest BCUT2D eigenvalue weighted by atomic mass is 32.1. The molecule has 3 aromatic carbocycles. The number of nitrogens with zero attached hydrogens (tertiary/aromatic N) is 1. The van der Waals surface area contributed by atoms with E-state index < -0.39 is 0 Å². The first kappa shape index (κ1) is 15.0. The van der Waals surface area contributed by atoms with Crippen molar-refractivity contribution in [2.45, 2.75) is 0 Å². The van der Waals surface area contributed by atoms with Crippen molar-refractivity contribution < 1.29 is 9.21 Å². The summed E-state index contributed by atoms with van der Waals surface area (Å²) < 4.78 is 5.95. The maximum Gasteiger partial charge on any atom is 0.237 e. The largest absolute Gasteiger partial charge is 0.435 e. The van der Waals surface area contributed by atoms with Crippen molar-refractivity contribution in [3.63, 3.8) is 0 Å². The smallest absolute Gasteiger partial charge is 0.237 e. The molecule has 124 valence electrons. The van der Waals surface area contributed by atoms with Gasteiger partial charge in [-0.1, -0.05) is 60.7 Å². The van der Waals surface area contributed by atoms with Crippen LogP contribution in [0.3, 0.4) is 0 Å².